The summed E-state index contributed by atoms with van der Waals surface area (Å²) < 4.78 is 38.8. The van der Waals surface area contributed by atoms with Gasteiger partial charge in [-0.15, -0.1) is 0 Å². The number of hydrogen-bond donors (Lipinski definition) is 2. The summed E-state index contributed by atoms with van der Waals surface area (Å²) in [5.41, 5.74) is -0.425. The van der Waals surface area contributed by atoms with Crippen molar-refractivity contribution in [2.45, 2.75) is 50.9 Å². The van der Waals surface area contributed by atoms with Gasteiger partial charge < -0.3 is 10.6 Å². The fourth-order valence-electron chi connectivity index (χ4n) is 3.76. The maximum absolute atomic E-state index is 12.9. The zero-order chi connectivity index (χ0) is 17.3. The van der Waals surface area contributed by atoms with Crippen molar-refractivity contribution in [3.63, 3.8) is 0 Å². The molecule has 2 N–H and O–H groups in total. The molecule has 0 aliphatic carbocycles. The predicted octanol–water partition coefficient (Wildman–Crippen LogP) is 3.76. The number of fused-ring (bicyclic) bond motifs is 1. The van der Waals surface area contributed by atoms with Crippen LogP contribution < -0.4 is 10.6 Å². The number of alkyl halides is 3. The first-order valence-electron chi connectivity index (χ1n) is 8.34. The minimum absolute atomic E-state index is 0.0674. The van der Waals surface area contributed by atoms with Crippen LogP contribution in [0.5, 0.6) is 0 Å². The summed E-state index contributed by atoms with van der Waals surface area (Å²) >= 11 is 0. The van der Waals surface area contributed by atoms with E-state index in [1.165, 1.54) is 25.5 Å². The van der Waals surface area contributed by atoms with E-state index >= 15 is 0 Å². The molecule has 2 atom stereocenters. The smallest absolute Gasteiger partial charge is 0.334 e. The van der Waals surface area contributed by atoms with Crippen LogP contribution in [0, 0.1) is 6.92 Å². The molecule has 0 aromatic heterocycles. The summed E-state index contributed by atoms with van der Waals surface area (Å²) in [4.78, 5) is 14.6. The molecule has 1 aromatic carbocycles. The number of piperidine rings is 1. The van der Waals surface area contributed by atoms with Crippen molar-refractivity contribution in [1.82, 2.24) is 10.2 Å². The number of rotatable bonds is 2. The van der Waals surface area contributed by atoms with Gasteiger partial charge in [0, 0.05) is 24.3 Å². The van der Waals surface area contributed by atoms with Crippen LogP contribution in [0.4, 0.5) is 23.7 Å². The minimum Gasteiger partial charge on any atom is -0.334 e. The van der Waals surface area contributed by atoms with Crippen LogP contribution in [0.1, 0.15) is 36.8 Å². The lowest BCUT2D eigenvalue weighted by Gasteiger charge is -2.32. The first kappa shape index (κ1) is 17.1. The van der Waals surface area contributed by atoms with Gasteiger partial charge in [-0.25, -0.2) is 4.79 Å². The minimum atomic E-state index is -4.42. The Balaban J connectivity index is 1.63. The highest BCUT2D eigenvalue weighted by atomic mass is 19.4. The van der Waals surface area contributed by atoms with Gasteiger partial charge in [0.05, 0.1) is 5.56 Å². The molecule has 24 heavy (non-hydrogen) atoms. The molecule has 2 heterocycles. The summed E-state index contributed by atoms with van der Waals surface area (Å²) in [6, 6.07) is 3.83. The third-order valence-electron chi connectivity index (χ3n) is 4.97. The molecule has 0 radical (unpaired) electrons. The molecule has 2 aliphatic rings. The predicted molar refractivity (Wildman–Crippen MR) is 86.0 cm³/mol. The van der Waals surface area contributed by atoms with E-state index in [9.17, 15) is 18.0 Å². The van der Waals surface area contributed by atoms with Crippen molar-refractivity contribution in [2.24, 2.45) is 0 Å². The van der Waals surface area contributed by atoms with Crippen molar-refractivity contribution in [3.8, 4) is 0 Å². The highest BCUT2D eigenvalue weighted by molar-refractivity contribution is 5.89. The van der Waals surface area contributed by atoms with Gasteiger partial charge in [0.1, 0.15) is 0 Å². The molecule has 4 nitrogen and oxygen atoms in total. The standard InChI is InChI=1S/C17H22F3N3O/c1-11-5-6-12(10-13(11)17(18,19)20)21-16(24)22-14-7-9-23-8-3-2-4-15(14)23/h5-6,10,14-15H,2-4,7-9H2,1H3,(H2,21,22,24). The molecule has 2 unspecified atom stereocenters. The Bertz CT molecular complexity index is 618. The summed E-state index contributed by atoms with van der Waals surface area (Å²) in [6.07, 6.45) is -0.118. The first-order valence-corrected chi connectivity index (χ1v) is 8.34. The van der Waals surface area contributed by atoms with E-state index in [-0.39, 0.29) is 17.3 Å². The second-order valence-corrected chi connectivity index (χ2v) is 6.62. The summed E-state index contributed by atoms with van der Waals surface area (Å²) in [5, 5.41) is 5.46. The Kier molecular flexibility index (Phi) is 4.71. The van der Waals surface area contributed by atoms with Crippen LogP contribution in [-0.4, -0.2) is 36.1 Å². The quantitative estimate of drug-likeness (QED) is 0.860. The number of nitrogens with one attached hydrogen (secondary N) is 2. The fraction of sp³-hybridized carbons (Fsp3) is 0.588. The number of urea groups is 1. The number of benzene rings is 1. The molecule has 2 aliphatic heterocycles. The Morgan fingerprint density at radius 2 is 2.00 bits per heavy atom. The largest absolute Gasteiger partial charge is 0.416 e. The van der Waals surface area contributed by atoms with Gasteiger partial charge in [0.2, 0.25) is 0 Å². The van der Waals surface area contributed by atoms with E-state index in [1.54, 1.807) is 0 Å². The van der Waals surface area contributed by atoms with Crippen LogP contribution in [-0.2, 0) is 6.18 Å². The highest BCUT2D eigenvalue weighted by Crippen LogP contribution is 2.33. The van der Waals surface area contributed by atoms with E-state index in [2.05, 4.69) is 15.5 Å². The monoisotopic (exact) mass is 341 g/mol. The highest BCUT2D eigenvalue weighted by Gasteiger charge is 2.36. The molecule has 1 aromatic rings. The lowest BCUT2D eigenvalue weighted by atomic mass is 9.99. The van der Waals surface area contributed by atoms with Gasteiger partial charge in [-0.3, -0.25) is 4.90 Å². The van der Waals surface area contributed by atoms with Crippen molar-refractivity contribution in [1.29, 1.82) is 0 Å². The molecule has 132 valence electrons. The van der Waals surface area contributed by atoms with E-state index < -0.39 is 17.8 Å². The molecule has 0 bridgehead atoms. The van der Waals surface area contributed by atoms with Gasteiger partial charge in [-0.1, -0.05) is 12.5 Å². The Labute approximate surface area is 139 Å². The van der Waals surface area contributed by atoms with E-state index in [0.717, 1.165) is 38.4 Å². The summed E-state index contributed by atoms with van der Waals surface area (Å²) in [7, 11) is 0. The van der Waals surface area contributed by atoms with Crippen LogP contribution in [0.2, 0.25) is 0 Å². The van der Waals surface area contributed by atoms with Crippen LogP contribution in [0.15, 0.2) is 18.2 Å². The van der Waals surface area contributed by atoms with Gasteiger partial charge in [0.15, 0.2) is 0 Å². The van der Waals surface area contributed by atoms with Crippen molar-refractivity contribution >= 4 is 11.7 Å². The summed E-state index contributed by atoms with van der Waals surface area (Å²) in [5.74, 6) is 0. The molecule has 2 saturated heterocycles. The Morgan fingerprint density at radius 3 is 2.75 bits per heavy atom. The molecule has 0 spiro atoms. The van der Waals surface area contributed by atoms with Crippen molar-refractivity contribution < 1.29 is 18.0 Å². The van der Waals surface area contributed by atoms with Gasteiger partial charge in [-0.05, 0) is 50.4 Å². The van der Waals surface area contributed by atoms with Crippen LogP contribution in [0.3, 0.4) is 0 Å². The Hall–Kier alpha value is -1.76. The number of nitrogens with zero attached hydrogens (tertiary/aromatic N) is 1. The van der Waals surface area contributed by atoms with Gasteiger partial charge >= 0.3 is 12.2 Å². The summed E-state index contributed by atoms with van der Waals surface area (Å²) in [6.45, 7) is 3.44. The number of hydrogen-bond acceptors (Lipinski definition) is 2. The lowest BCUT2D eigenvalue weighted by Crippen LogP contribution is -2.47. The lowest BCUT2D eigenvalue weighted by molar-refractivity contribution is -0.138. The van der Waals surface area contributed by atoms with E-state index in [0.29, 0.717) is 6.04 Å². The zero-order valence-corrected chi connectivity index (χ0v) is 13.6. The maximum Gasteiger partial charge on any atom is 0.416 e. The van der Waals surface area contributed by atoms with Crippen LogP contribution in [0.25, 0.3) is 0 Å². The van der Waals surface area contributed by atoms with Gasteiger partial charge in [0.25, 0.3) is 0 Å². The SMILES string of the molecule is Cc1ccc(NC(=O)NC2CCN3CCCCC23)cc1C(F)(F)F. The average Bonchev–Trinajstić information content (AvgIpc) is 2.91. The van der Waals surface area contributed by atoms with Crippen LogP contribution >= 0.6 is 0 Å². The number of amides is 2. The molecule has 7 heteroatoms. The second kappa shape index (κ2) is 6.63. The molecule has 0 saturated carbocycles. The topological polar surface area (TPSA) is 44.4 Å². The Morgan fingerprint density at radius 1 is 1.21 bits per heavy atom. The van der Waals surface area contributed by atoms with Crippen molar-refractivity contribution in [2.75, 3.05) is 18.4 Å². The number of anilines is 1. The molecular weight excluding hydrogens is 319 g/mol. The normalized spacial score (nSPS) is 24.5. The second-order valence-electron chi connectivity index (χ2n) is 6.62. The molecule has 3 rings (SSSR count). The van der Waals surface area contributed by atoms with E-state index in [4.69, 9.17) is 0 Å². The third kappa shape index (κ3) is 3.66. The van der Waals surface area contributed by atoms with Gasteiger partial charge in [-0.2, -0.15) is 13.2 Å². The first-order chi connectivity index (χ1) is 11.3. The number of halogens is 3. The molecular formula is C17H22F3N3O. The molecule has 2 fully saturated rings. The fourth-order valence-corrected chi connectivity index (χ4v) is 3.76. The zero-order valence-electron chi connectivity index (χ0n) is 13.6. The third-order valence-corrected chi connectivity index (χ3v) is 4.97. The number of aryl methyl sites for hydroxylation is 1. The molecule has 2 amide bonds. The number of carbonyl (C=O) groups is 1. The average molecular weight is 341 g/mol. The maximum atomic E-state index is 12.9. The number of carbonyl (C=O) groups excluding carboxylic acids is 1. The van der Waals surface area contributed by atoms with Crippen molar-refractivity contribution in [3.05, 3.63) is 29.3 Å². The van der Waals surface area contributed by atoms with E-state index in [1.807, 2.05) is 0 Å².